The Kier molecular flexibility index (Phi) is 3.95. The Morgan fingerprint density at radius 3 is 2.67 bits per heavy atom. The zero-order chi connectivity index (χ0) is 13.3. The van der Waals surface area contributed by atoms with Gasteiger partial charge in [0.05, 0.1) is 15.9 Å². The molecule has 0 aliphatic heterocycles. The Morgan fingerprint density at radius 2 is 2.17 bits per heavy atom. The standard InChI is InChI=1S/C14H21BrN2O/c1-4-11-13(15)12(17(5-2)16-11)9-14(3)7-6-10(18)8-14/h4-9H2,1-3H3. The SMILES string of the molecule is CCc1nn(CC)c(CC2(C)CCC(=O)C2)c1Br. The van der Waals surface area contributed by atoms with E-state index < -0.39 is 0 Å². The fourth-order valence-corrected chi connectivity index (χ4v) is 3.54. The van der Waals surface area contributed by atoms with Gasteiger partial charge in [-0.3, -0.25) is 9.48 Å². The fraction of sp³-hybridized carbons (Fsp3) is 0.714. The molecular formula is C14H21BrN2O. The zero-order valence-corrected chi connectivity index (χ0v) is 13.0. The average molecular weight is 313 g/mol. The molecule has 1 saturated carbocycles. The second-order valence-corrected chi connectivity index (χ2v) is 6.37. The molecule has 1 aromatic heterocycles. The maximum absolute atomic E-state index is 11.5. The number of carbonyl (C=O) groups excluding carboxylic acids is 1. The summed E-state index contributed by atoms with van der Waals surface area (Å²) < 4.78 is 3.23. The average Bonchev–Trinajstić information content (AvgIpc) is 2.82. The van der Waals surface area contributed by atoms with E-state index in [0.717, 1.165) is 48.8 Å². The summed E-state index contributed by atoms with van der Waals surface area (Å²) in [6.07, 6.45) is 4.36. The molecule has 4 heteroatoms. The number of aromatic nitrogens is 2. The summed E-state index contributed by atoms with van der Waals surface area (Å²) in [5.74, 6) is 0.409. The largest absolute Gasteiger partial charge is 0.300 e. The molecule has 0 amide bonds. The van der Waals surface area contributed by atoms with Crippen molar-refractivity contribution in [1.29, 1.82) is 0 Å². The predicted octanol–water partition coefficient (Wildman–Crippen LogP) is 3.53. The maximum atomic E-state index is 11.5. The molecule has 0 N–H and O–H groups in total. The van der Waals surface area contributed by atoms with Crippen LogP contribution in [-0.2, 0) is 24.2 Å². The molecule has 1 aromatic rings. The van der Waals surface area contributed by atoms with Gasteiger partial charge in [0, 0.05) is 19.4 Å². The summed E-state index contributed by atoms with van der Waals surface area (Å²) in [7, 11) is 0. The van der Waals surface area contributed by atoms with Crippen LogP contribution in [0.2, 0.25) is 0 Å². The van der Waals surface area contributed by atoms with E-state index in [1.54, 1.807) is 0 Å². The van der Waals surface area contributed by atoms with Gasteiger partial charge in [-0.25, -0.2) is 0 Å². The molecule has 0 spiro atoms. The lowest BCUT2D eigenvalue weighted by molar-refractivity contribution is -0.117. The number of aryl methyl sites for hydroxylation is 2. The first-order chi connectivity index (χ1) is 8.49. The number of Topliss-reactive ketones (excluding diaryl/α,β-unsaturated/α-hetero) is 1. The number of carbonyl (C=O) groups is 1. The summed E-state index contributed by atoms with van der Waals surface area (Å²) in [4.78, 5) is 11.5. The van der Waals surface area contributed by atoms with E-state index in [0.29, 0.717) is 5.78 Å². The van der Waals surface area contributed by atoms with Gasteiger partial charge in [-0.1, -0.05) is 13.8 Å². The lowest BCUT2D eigenvalue weighted by Crippen LogP contribution is -2.18. The Balaban J connectivity index is 2.28. The summed E-state index contributed by atoms with van der Waals surface area (Å²) in [6.45, 7) is 7.35. The van der Waals surface area contributed by atoms with Crippen molar-refractivity contribution in [2.45, 2.75) is 59.4 Å². The van der Waals surface area contributed by atoms with Gasteiger partial charge in [-0.15, -0.1) is 0 Å². The molecule has 1 heterocycles. The fourth-order valence-electron chi connectivity index (χ4n) is 2.84. The van der Waals surface area contributed by atoms with E-state index in [2.05, 4.69) is 46.5 Å². The van der Waals surface area contributed by atoms with Gasteiger partial charge in [-0.05, 0) is 47.5 Å². The normalized spacial score (nSPS) is 23.9. The highest BCUT2D eigenvalue weighted by Crippen LogP contribution is 2.40. The van der Waals surface area contributed by atoms with Crippen LogP contribution in [0.4, 0.5) is 0 Å². The molecule has 1 aliphatic rings. The van der Waals surface area contributed by atoms with Crippen LogP contribution in [0, 0.1) is 5.41 Å². The van der Waals surface area contributed by atoms with E-state index in [1.807, 2.05) is 0 Å². The molecule has 1 fully saturated rings. The number of hydrogen-bond acceptors (Lipinski definition) is 2. The quantitative estimate of drug-likeness (QED) is 0.852. The maximum Gasteiger partial charge on any atom is 0.133 e. The van der Waals surface area contributed by atoms with Crippen molar-refractivity contribution in [2.24, 2.45) is 5.41 Å². The molecule has 2 rings (SSSR count). The van der Waals surface area contributed by atoms with Crippen LogP contribution in [0.1, 0.15) is 51.4 Å². The van der Waals surface area contributed by atoms with Crippen molar-refractivity contribution in [3.8, 4) is 0 Å². The van der Waals surface area contributed by atoms with Crippen molar-refractivity contribution in [3.63, 3.8) is 0 Å². The van der Waals surface area contributed by atoms with Gasteiger partial charge in [0.25, 0.3) is 0 Å². The molecule has 1 atom stereocenters. The third-order valence-electron chi connectivity index (χ3n) is 3.92. The van der Waals surface area contributed by atoms with Gasteiger partial charge in [0.1, 0.15) is 5.78 Å². The van der Waals surface area contributed by atoms with E-state index in [4.69, 9.17) is 0 Å². The molecule has 0 bridgehead atoms. The smallest absolute Gasteiger partial charge is 0.133 e. The first-order valence-electron chi connectivity index (χ1n) is 6.75. The molecular weight excluding hydrogens is 292 g/mol. The predicted molar refractivity (Wildman–Crippen MR) is 75.6 cm³/mol. The third-order valence-corrected chi connectivity index (χ3v) is 4.84. The van der Waals surface area contributed by atoms with Crippen LogP contribution in [0.25, 0.3) is 0 Å². The van der Waals surface area contributed by atoms with Crippen LogP contribution in [0.15, 0.2) is 4.47 Å². The Bertz CT molecular complexity index is 467. The van der Waals surface area contributed by atoms with Crippen LogP contribution in [0.3, 0.4) is 0 Å². The summed E-state index contributed by atoms with van der Waals surface area (Å²) in [6, 6.07) is 0. The summed E-state index contributed by atoms with van der Waals surface area (Å²) >= 11 is 3.68. The van der Waals surface area contributed by atoms with E-state index in [1.165, 1.54) is 5.69 Å². The molecule has 1 unspecified atom stereocenters. The molecule has 1 aliphatic carbocycles. The van der Waals surface area contributed by atoms with Crippen LogP contribution in [0.5, 0.6) is 0 Å². The number of rotatable bonds is 4. The lowest BCUT2D eigenvalue weighted by atomic mass is 9.83. The number of ketones is 1. The van der Waals surface area contributed by atoms with Crippen molar-refractivity contribution >= 4 is 21.7 Å². The van der Waals surface area contributed by atoms with E-state index in [9.17, 15) is 4.79 Å². The first kappa shape index (κ1) is 13.8. The highest BCUT2D eigenvalue weighted by molar-refractivity contribution is 9.10. The van der Waals surface area contributed by atoms with Gasteiger partial charge in [-0.2, -0.15) is 5.10 Å². The van der Waals surface area contributed by atoms with Crippen molar-refractivity contribution in [1.82, 2.24) is 9.78 Å². The van der Waals surface area contributed by atoms with E-state index in [-0.39, 0.29) is 5.41 Å². The van der Waals surface area contributed by atoms with Crippen molar-refractivity contribution in [2.75, 3.05) is 0 Å². The van der Waals surface area contributed by atoms with Crippen LogP contribution < -0.4 is 0 Å². The minimum Gasteiger partial charge on any atom is -0.300 e. The molecule has 0 saturated heterocycles. The van der Waals surface area contributed by atoms with E-state index >= 15 is 0 Å². The highest BCUT2D eigenvalue weighted by Gasteiger charge is 2.35. The third kappa shape index (κ3) is 2.53. The molecule has 0 aromatic carbocycles. The van der Waals surface area contributed by atoms with Gasteiger partial charge in [0.15, 0.2) is 0 Å². The van der Waals surface area contributed by atoms with Gasteiger partial charge >= 0.3 is 0 Å². The summed E-state index contributed by atoms with van der Waals surface area (Å²) in [5.41, 5.74) is 2.50. The molecule has 0 radical (unpaired) electrons. The van der Waals surface area contributed by atoms with Crippen molar-refractivity contribution in [3.05, 3.63) is 15.9 Å². The topological polar surface area (TPSA) is 34.9 Å². The summed E-state index contributed by atoms with van der Waals surface area (Å²) in [5, 5.41) is 4.62. The second kappa shape index (κ2) is 5.16. The van der Waals surface area contributed by atoms with Gasteiger partial charge < -0.3 is 0 Å². The van der Waals surface area contributed by atoms with Crippen LogP contribution in [-0.4, -0.2) is 15.6 Å². The van der Waals surface area contributed by atoms with Gasteiger partial charge in [0.2, 0.25) is 0 Å². The molecule has 18 heavy (non-hydrogen) atoms. The Hall–Kier alpha value is -0.640. The number of nitrogens with zero attached hydrogens (tertiary/aromatic N) is 2. The van der Waals surface area contributed by atoms with Crippen molar-refractivity contribution < 1.29 is 4.79 Å². The minimum atomic E-state index is 0.123. The van der Waals surface area contributed by atoms with Crippen LogP contribution >= 0.6 is 15.9 Å². The first-order valence-corrected chi connectivity index (χ1v) is 7.54. The lowest BCUT2D eigenvalue weighted by Gasteiger charge is -2.23. The molecule has 100 valence electrons. The Labute approximate surface area is 117 Å². The highest BCUT2D eigenvalue weighted by atomic mass is 79.9. The zero-order valence-electron chi connectivity index (χ0n) is 11.4. The number of hydrogen-bond donors (Lipinski definition) is 0. The minimum absolute atomic E-state index is 0.123. The molecule has 3 nitrogen and oxygen atoms in total. The monoisotopic (exact) mass is 312 g/mol. The Morgan fingerprint density at radius 1 is 1.44 bits per heavy atom. The second-order valence-electron chi connectivity index (χ2n) is 5.58. The number of halogens is 1.